The number of aromatic amines is 1. The van der Waals surface area contributed by atoms with Crippen LogP contribution in [0.1, 0.15) is 114 Å². The van der Waals surface area contributed by atoms with E-state index >= 15 is 0 Å². The predicted molar refractivity (Wildman–Crippen MR) is 125 cm³/mol. The Balaban J connectivity index is 1.48. The molecule has 0 atom stereocenters. The minimum absolute atomic E-state index is 1.02. The molecule has 0 radical (unpaired) electrons. The van der Waals surface area contributed by atoms with Gasteiger partial charge in [0.05, 0.1) is 6.54 Å². The molecule has 0 aliphatic heterocycles. The highest BCUT2D eigenvalue weighted by atomic mass is 15.1. The van der Waals surface area contributed by atoms with Gasteiger partial charge in [0.15, 0.2) is 0 Å². The molecule has 1 heterocycles. The standard InChI is InChI=1S/C27H44N2/c1-3-4-5-6-7-8-9-10-11-12-13-14-15-19-22-29-25(2)28-24-27(29)23-26-20-17-16-18-21-26/h16-18,20-21,24H,3-15,19,22-23H2,1-2H3/p+1. The average Bonchev–Trinajstić information content (AvgIpc) is 3.08. The molecule has 0 saturated carbocycles. The average molecular weight is 398 g/mol. The van der Waals surface area contributed by atoms with Crippen LogP contribution in [0.15, 0.2) is 36.5 Å². The Bertz CT molecular complexity index is 629. The van der Waals surface area contributed by atoms with Gasteiger partial charge in [-0.25, -0.2) is 9.55 Å². The molecule has 162 valence electrons. The highest BCUT2D eigenvalue weighted by molar-refractivity contribution is 5.19. The van der Waals surface area contributed by atoms with Crippen LogP contribution in [0.4, 0.5) is 0 Å². The number of H-pyrrole nitrogens is 1. The molecule has 0 bridgehead atoms. The molecule has 0 unspecified atom stereocenters. The van der Waals surface area contributed by atoms with E-state index in [9.17, 15) is 0 Å². The zero-order valence-corrected chi connectivity index (χ0v) is 19.2. The van der Waals surface area contributed by atoms with Crippen molar-refractivity contribution in [1.29, 1.82) is 0 Å². The molecule has 2 nitrogen and oxygen atoms in total. The van der Waals surface area contributed by atoms with Crippen LogP contribution in [0.5, 0.6) is 0 Å². The van der Waals surface area contributed by atoms with Crippen LogP contribution in [0.25, 0.3) is 0 Å². The summed E-state index contributed by atoms with van der Waals surface area (Å²) in [7, 11) is 0. The maximum atomic E-state index is 3.42. The summed E-state index contributed by atoms with van der Waals surface area (Å²) in [5.41, 5.74) is 2.80. The number of hydrogen-bond acceptors (Lipinski definition) is 0. The fourth-order valence-corrected chi connectivity index (χ4v) is 4.29. The van der Waals surface area contributed by atoms with Crippen molar-refractivity contribution in [2.24, 2.45) is 0 Å². The zero-order valence-electron chi connectivity index (χ0n) is 19.2. The van der Waals surface area contributed by atoms with Gasteiger partial charge in [-0.05, 0) is 18.4 Å². The van der Waals surface area contributed by atoms with Crippen LogP contribution >= 0.6 is 0 Å². The van der Waals surface area contributed by atoms with Gasteiger partial charge in [-0.1, -0.05) is 114 Å². The summed E-state index contributed by atoms with van der Waals surface area (Å²) in [6.07, 6.45) is 23.1. The molecular weight excluding hydrogens is 352 g/mol. The van der Waals surface area contributed by atoms with E-state index in [4.69, 9.17) is 0 Å². The summed E-state index contributed by atoms with van der Waals surface area (Å²) in [5.74, 6) is 1.28. The van der Waals surface area contributed by atoms with E-state index in [1.165, 1.54) is 107 Å². The lowest BCUT2D eigenvalue weighted by Gasteiger charge is -2.05. The summed E-state index contributed by atoms with van der Waals surface area (Å²) < 4.78 is 2.48. The Hall–Kier alpha value is -1.57. The van der Waals surface area contributed by atoms with Crippen molar-refractivity contribution in [3.05, 3.63) is 53.6 Å². The molecule has 0 saturated heterocycles. The number of hydrogen-bond donors (Lipinski definition) is 1. The summed E-state index contributed by atoms with van der Waals surface area (Å²) in [4.78, 5) is 3.42. The molecule has 1 aromatic heterocycles. The number of unbranched alkanes of at least 4 members (excludes halogenated alkanes) is 13. The molecule has 0 fully saturated rings. The number of nitrogens with one attached hydrogen (secondary N) is 1. The van der Waals surface area contributed by atoms with E-state index < -0.39 is 0 Å². The van der Waals surface area contributed by atoms with Crippen molar-refractivity contribution in [1.82, 2.24) is 4.98 Å². The molecule has 29 heavy (non-hydrogen) atoms. The van der Waals surface area contributed by atoms with Gasteiger partial charge in [0.2, 0.25) is 0 Å². The van der Waals surface area contributed by atoms with E-state index in [1.54, 1.807) is 0 Å². The second-order valence-corrected chi connectivity index (χ2v) is 8.78. The van der Waals surface area contributed by atoms with Gasteiger partial charge in [-0.2, -0.15) is 0 Å². The van der Waals surface area contributed by atoms with Crippen molar-refractivity contribution in [2.75, 3.05) is 0 Å². The molecule has 0 spiro atoms. The van der Waals surface area contributed by atoms with Crippen molar-refractivity contribution in [2.45, 2.75) is 117 Å². The van der Waals surface area contributed by atoms with Gasteiger partial charge in [0.25, 0.3) is 5.82 Å². The number of rotatable bonds is 17. The fourth-order valence-electron chi connectivity index (χ4n) is 4.29. The molecule has 0 amide bonds. The van der Waals surface area contributed by atoms with Crippen LogP contribution in [0, 0.1) is 6.92 Å². The van der Waals surface area contributed by atoms with Crippen molar-refractivity contribution >= 4 is 0 Å². The Morgan fingerprint density at radius 2 is 1.21 bits per heavy atom. The van der Waals surface area contributed by atoms with E-state index in [1.807, 2.05) is 0 Å². The van der Waals surface area contributed by atoms with E-state index in [2.05, 4.69) is 59.9 Å². The van der Waals surface area contributed by atoms with Crippen LogP contribution in [0.2, 0.25) is 0 Å². The minimum Gasteiger partial charge on any atom is -0.248 e. The second-order valence-electron chi connectivity index (χ2n) is 8.78. The van der Waals surface area contributed by atoms with Gasteiger partial charge in [-0.15, -0.1) is 0 Å². The zero-order chi connectivity index (χ0) is 20.6. The van der Waals surface area contributed by atoms with Crippen LogP contribution in [-0.4, -0.2) is 4.98 Å². The molecular formula is C27H45N2+. The summed E-state index contributed by atoms with van der Waals surface area (Å²) in [6, 6.07) is 10.8. The molecule has 2 aromatic rings. The van der Waals surface area contributed by atoms with Crippen LogP contribution < -0.4 is 4.57 Å². The third-order valence-electron chi connectivity index (χ3n) is 6.16. The maximum Gasteiger partial charge on any atom is 0.251 e. The van der Waals surface area contributed by atoms with E-state index in [0.717, 1.165) is 13.0 Å². The second kappa shape index (κ2) is 15.3. The lowest BCUT2D eigenvalue weighted by Crippen LogP contribution is -2.39. The molecule has 2 heteroatoms. The normalized spacial score (nSPS) is 11.2. The number of aromatic nitrogens is 2. The van der Waals surface area contributed by atoms with Crippen molar-refractivity contribution in [3.8, 4) is 0 Å². The summed E-state index contributed by atoms with van der Waals surface area (Å²) in [5, 5.41) is 0. The quantitative estimate of drug-likeness (QED) is 0.208. The molecule has 1 N–H and O–H groups in total. The first-order valence-electron chi connectivity index (χ1n) is 12.4. The van der Waals surface area contributed by atoms with Gasteiger partial charge < -0.3 is 0 Å². The third-order valence-corrected chi connectivity index (χ3v) is 6.16. The topological polar surface area (TPSA) is 19.7 Å². The SMILES string of the molecule is CCCCCCCCCCCCCCCC[n+]1c(Cc2ccccc2)c[nH]c1C. The number of nitrogens with zero attached hydrogens (tertiary/aromatic N) is 1. The fraction of sp³-hybridized carbons (Fsp3) is 0.667. The van der Waals surface area contributed by atoms with Crippen LogP contribution in [0.3, 0.4) is 0 Å². The van der Waals surface area contributed by atoms with E-state index in [-0.39, 0.29) is 0 Å². The maximum absolute atomic E-state index is 3.42. The van der Waals surface area contributed by atoms with Crippen LogP contribution in [-0.2, 0) is 13.0 Å². The highest BCUT2D eigenvalue weighted by Crippen LogP contribution is 2.13. The molecule has 0 aliphatic rings. The third kappa shape index (κ3) is 10.1. The Kier molecular flexibility index (Phi) is 12.5. The summed E-state index contributed by atoms with van der Waals surface area (Å²) >= 11 is 0. The molecule has 1 aromatic carbocycles. The monoisotopic (exact) mass is 397 g/mol. The number of benzene rings is 1. The minimum atomic E-state index is 1.02. The van der Waals surface area contributed by atoms with Gasteiger partial charge in [-0.3, -0.25) is 0 Å². The Labute approximate surface area is 180 Å². The molecule has 2 rings (SSSR count). The predicted octanol–water partition coefficient (Wildman–Crippen LogP) is 7.68. The first-order chi connectivity index (χ1) is 14.3. The largest absolute Gasteiger partial charge is 0.251 e. The van der Waals surface area contributed by atoms with Crippen molar-refractivity contribution < 1.29 is 4.57 Å². The Morgan fingerprint density at radius 3 is 1.76 bits per heavy atom. The Morgan fingerprint density at radius 1 is 0.690 bits per heavy atom. The lowest BCUT2D eigenvalue weighted by molar-refractivity contribution is -0.708. The lowest BCUT2D eigenvalue weighted by atomic mass is 10.0. The number of aryl methyl sites for hydroxylation is 1. The van der Waals surface area contributed by atoms with Crippen molar-refractivity contribution in [3.63, 3.8) is 0 Å². The van der Waals surface area contributed by atoms with Gasteiger partial charge in [0, 0.05) is 13.3 Å². The molecule has 0 aliphatic carbocycles. The highest BCUT2D eigenvalue weighted by Gasteiger charge is 2.14. The summed E-state index contributed by atoms with van der Waals surface area (Å²) in [6.45, 7) is 5.64. The van der Waals surface area contributed by atoms with Gasteiger partial charge >= 0.3 is 0 Å². The number of imidazole rings is 1. The smallest absolute Gasteiger partial charge is 0.248 e. The first kappa shape index (κ1) is 23.7. The van der Waals surface area contributed by atoms with Gasteiger partial charge in [0.1, 0.15) is 11.9 Å². The first-order valence-corrected chi connectivity index (χ1v) is 12.4. The van der Waals surface area contributed by atoms with E-state index in [0.29, 0.717) is 0 Å².